The number of benzene rings is 1. The first-order chi connectivity index (χ1) is 9.58. The van der Waals surface area contributed by atoms with E-state index in [0.717, 1.165) is 11.1 Å². The summed E-state index contributed by atoms with van der Waals surface area (Å²) in [7, 11) is 1.99. The molecule has 1 aromatic carbocycles. The van der Waals surface area contributed by atoms with Crippen molar-refractivity contribution in [3.05, 3.63) is 64.9 Å². The highest BCUT2D eigenvalue weighted by Gasteiger charge is 2.16. The highest BCUT2D eigenvalue weighted by Crippen LogP contribution is 2.23. The van der Waals surface area contributed by atoms with Crippen LogP contribution in [0.3, 0.4) is 0 Å². The van der Waals surface area contributed by atoms with Crippen LogP contribution in [-0.2, 0) is 0 Å². The minimum absolute atomic E-state index is 0.192. The highest BCUT2D eigenvalue weighted by molar-refractivity contribution is 6.30. The van der Waals surface area contributed by atoms with Crippen LogP contribution in [-0.4, -0.2) is 28.6 Å². The highest BCUT2D eigenvalue weighted by atomic mass is 35.5. The van der Waals surface area contributed by atoms with Crippen LogP contribution in [0.2, 0.25) is 5.02 Å². The first-order valence-electron chi connectivity index (χ1n) is 6.61. The second-order valence-corrected chi connectivity index (χ2v) is 5.41. The largest absolute Gasteiger partial charge is 0.387 e. The summed E-state index contributed by atoms with van der Waals surface area (Å²) in [5.74, 6) is 0. The number of halogens is 1. The van der Waals surface area contributed by atoms with Gasteiger partial charge in [-0.1, -0.05) is 29.8 Å². The minimum Gasteiger partial charge on any atom is -0.387 e. The maximum Gasteiger partial charge on any atom is 0.0917 e. The number of aromatic nitrogens is 1. The molecule has 1 N–H and O–H groups in total. The Hall–Kier alpha value is -1.42. The van der Waals surface area contributed by atoms with Gasteiger partial charge in [-0.05, 0) is 43.3 Å². The predicted octanol–water partition coefficient (Wildman–Crippen LogP) is 3.46. The fourth-order valence-corrected chi connectivity index (χ4v) is 2.33. The van der Waals surface area contributed by atoms with E-state index in [-0.39, 0.29) is 6.04 Å². The number of rotatable bonds is 5. The molecule has 0 aliphatic carbocycles. The fraction of sp³-hybridized carbons (Fsp3) is 0.312. The zero-order chi connectivity index (χ0) is 14.5. The molecule has 0 saturated heterocycles. The molecule has 1 aromatic heterocycles. The molecule has 1 heterocycles. The lowest BCUT2D eigenvalue weighted by molar-refractivity contribution is 0.108. The smallest absolute Gasteiger partial charge is 0.0917 e. The van der Waals surface area contributed by atoms with Crippen molar-refractivity contribution in [3.8, 4) is 0 Å². The molecule has 2 unspecified atom stereocenters. The topological polar surface area (TPSA) is 36.4 Å². The zero-order valence-electron chi connectivity index (χ0n) is 11.7. The molecule has 0 aliphatic heterocycles. The van der Waals surface area contributed by atoms with Gasteiger partial charge in [0, 0.05) is 30.0 Å². The van der Waals surface area contributed by atoms with E-state index in [9.17, 15) is 5.11 Å². The van der Waals surface area contributed by atoms with Gasteiger partial charge >= 0.3 is 0 Å². The third kappa shape index (κ3) is 3.79. The van der Waals surface area contributed by atoms with Gasteiger partial charge in [0.2, 0.25) is 0 Å². The van der Waals surface area contributed by atoms with Crippen LogP contribution in [0.25, 0.3) is 0 Å². The number of pyridine rings is 1. The quantitative estimate of drug-likeness (QED) is 0.916. The lowest BCUT2D eigenvalue weighted by Gasteiger charge is -2.27. The molecule has 20 heavy (non-hydrogen) atoms. The molecule has 0 radical (unpaired) electrons. The van der Waals surface area contributed by atoms with Gasteiger partial charge in [0.05, 0.1) is 6.10 Å². The van der Waals surface area contributed by atoms with E-state index in [1.54, 1.807) is 18.3 Å². The third-order valence-corrected chi connectivity index (χ3v) is 3.76. The van der Waals surface area contributed by atoms with Gasteiger partial charge in [-0.2, -0.15) is 0 Å². The standard InChI is InChI=1S/C16H19ClN2O/c1-12(14-6-4-8-18-10-14)19(2)11-16(20)13-5-3-7-15(17)9-13/h3-10,12,16,20H,11H2,1-2H3. The molecule has 0 bridgehead atoms. The van der Waals surface area contributed by atoms with Gasteiger partial charge in [-0.15, -0.1) is 0 Å². The normalized spacial score (nSPS) is 14.2. The molecular weight excluding hydrogens is 272 g/mol. The van der Waals surface area contributed by atoms with Gasteiger partial charge in [-0.25, -0.2) is 0 Å². The maximum absolute atomic E-state index is 10.3. The SMILES string of the molecule is CC(c1cccnc1)N(C)CC(O)c1cccc(Cl)c1. The molecule has 0 fully saturated rings. The maximum atomic E-state index is 10.3. The summed E-state index contributed by atoms with van der Waals surface area (Å²) in [6.45, 7) is 2.64. The van der Waals surface area contributed by atoms with Crippen LogP contribution in [0.15, 0.2) is 48.8 Å². The van der Waals surface area contributed by atoms with E-state index in [4.69, 9.17) is 11.6 Å². The Labute approximate surface area is 124 Å². The van der Waals surface area contributed by atoms with E-state index in [1.807, 2.05) is 37.5 Å². The van der Waals surface area contributed by atoms with Crippen LogP contribution >= 0.6 is 11.6 Å². The molecule has 106 valence electrons. The molecule has 2 rings (SSSR count). The van der Waals surface area contributed by atoms with Gasteiger partial charge < -0.3 is 5.11 Å². The molecule has 2 aromatic rings. The minimum atomic E-state index is -0.558. The lowest BCUT2D eigenvalue weighted by atomic mass is 10.1. The second-order valence-electron chi connectivity index (χ2n) is 4.97. The summed E-state index contributed by atoms with van der Waals surface area (Å²) in [5.41, 5.74) is 1.97. The Kier molecular flexibility index (Phi) is 5.12. The number of hydrogen-bond acceptors (Lipinski definition) is 3. The summed E-state index contributed by atoms with van der Waals surface area (Å²) in [6, 6.07) is 11.5. The Morgan fingerprint density at radius 3 is 2.65 bits per heavy atom. The van der Waals surface area contributed by atoms with E-state index in [2.05, 4.69) is 16.8 Å². The molecule has 0 saturated carbocycles. The summed E-state index contributed by atoms with van der Waals surface area (Å²) in [6.07, 6.45) is 3.06. The first kappa shape index (κ1) is 15.0. The molecule has 3 nitrogen and oxygen atoms in total. The summed E-state index contributed by atoms with van der Waals surface area (Å²) < 4.78 is 0. The molecule has 0 amide bonds. The van der Waals surface area contributed by atoms with Crippen LogP contribution in [0.4, 0.5) is 0 Å². The second kappa shape index (κ2) is 6.84. The van der Waals surface area contributed by atoms with Crippen LogP contribution < -0.4 is 0 Å². The summed E-state index contributed by atoms with van der Waals surface area (Å²) >= 11 is 5.95. The predicted molar refractivity (Wildman–Crippen MR) is 81.7 cm³/mol. The van der Waals surface area contributed by atoms with Crippen molar-refractivity contribution in [1.82, 2.24) is 9.88 Å². The van der Waals surface area contributed by atoms with E-state index in [1.165, 1.54) is 0 Å². The number of aliphatic hydroxyl groups excluding tert-OH is 1. The molecule has 4 heteroatoms. The zero-order valence-corrected chi connectivity index (χ0v) is 12.5. The summed E-state index contributed by atoms with van der Waals surface area (Å²) in [5, 5.41) is 10.9. The van der Waals surface area contributed by atoms with E-state index >= 15 is 0 Å². The number of aliphatic hydroxyl groups is 1. The van der Waals surface area contributed by atoms with E-state index in [0.29, 0.717) is 11.6 Å². The number of nitrogens with zero attached hydrogens (tertiary/aromatic N) is 2. The Bertz CT molecular complexity index is 547. The lowest BCUT2D eigenvalue weighted by Crippen LogP contribution is -2.27. The van der Waals surface area contributed by atoms with Crippen molar-refractivity contribution >= 4 is 11.6 Å². The first-order valence-corrected chi connectivity index (χ1v) is 6.99. The Morgan fingerprint density at radius 2 is 2.00 bits per heavy atom. The van der Waals surface area contributed by atoms with E-state index < -0.39 is 6.10 Å². The van der Waals surface area contributed by atoms with Crippen molar-refractivity contribution in [2.45, 2.75) is 19.1 Å². The van der Waals surface area contributed by atoms with Crippen LogP contribution in [0.5, 0.6) is 0 Å². The van der Waals surface area contributed by atoms with Gasteiger partial charge in [-0.3, -0.25) is 9.88 Å². The van der Waals surface area contributed by atoms with Crippen molar-refractivity contribution in [3.63, 3.8) is 0 Å². The third-order valence-electron chi connectivity index (χ3n) is 3.52. The number of hydrogen-bond donors (Lipinski definition) is 1. The van der Waals surface area contributed by atoms with Gasteiger partial charge in [0.1, 0.15) is 0 Å². The average molecular weight is 291 g/mol. The Morgan fingerprint density at radius 1 is 1.25 bits per heavy atom. The molecular formula is C16H19ClN2O. The Balaban J connectivity index is 2.02. The molecule has 0 aliphatic rings. The van der Waals surface area contributed by atoms with Crippen molar-refractivity contribution in [2.24, 2.45) is 0 Å². The van der Waals surface area contributed by atoms with Crippen LogP contribution in [0, 0.1) is 0 Å². The fourth-order valence-electron chi connectivity index (χ4n) is 2.13. The van der Waals surface area contributed by atoms with Crippen molar-refractivity contribution in [1.29, 1.82) is 0 Å². The van der Waals surface area contributed by atoms with Gasteiger partial charge in [0.25, 0.3) is 0 Å². The van der Waals surface area contributed by atoms with Gasteiger partial charge in [0.15, 0.2) is 0 Å². The monoisotopic (exact) mass is 290 g/mol. The summed E-state index contributed by atoms with van der Waals surface area (Å²) in [4.78, 5) is 6.23. The van der Waals surface area contributed by atoms with Crippen molar-refractivity contribution in [2.75, 3.05) is 13.6 Å². The number of likely N-dealkylation sites (N-methyl/N-ethyl adjacent to an activating group) is 1. The molecule has 2 atom stereocenters. The average Bonchev–Trinajstić information content (AvgIpc) is 2.47. The van der Waals surface area contributed by atoms with Crippen LogP contribution in [0.1, 0.15) is 30.2 Å². The van der Waals surface area contributed by atoms with Crippen molar-refractivity contribution < 1.29 is 5.11 Å². The molecule has 0 spiro atoms.